The molecule has 0 aliphatic carbocycles. The van der Waals surface area contributed by atoms with Crippen molar-refractivity contribution < 1.29 is 14.4 Å². The highest BCUT2D eigenvalue weighted by atomic mass is 16.5. The van der Waals surface area contributed by atoms with Crippen LogP contribution in [-0.4, -0.2) is 40.8 Å². The summed E-state index contributed by atoms with van der Waals surface area (Å²) in [4.78, 5) is 13.4. The monoisotopic (exact) mass is 260 g/mol. The number of hydrogen-bond donors (Lipinski definition) is 1. The highest BCUT2D eigenvalue weighted by Crippen LogP contribution is 2.20. The highest BCUT2D eigenvalue weighted by molar-refractivity contribution is 5.92. The second-order valence-corrected chi connectivity index (χ2v) is 4.48. The fourth-order valence-electron chi connectivity index (χ4n) is 1.79. The summed E-state index contributed by atoms with van der Waals surface area (Å²) in [6.45, 7) is 1.88. The largest absolute Gasteiger partial charge is 0.392 e. The molecule has 0 saturated carbocycles. The molecule has 0 aliphatic rings. The van der Waals surface area contributed by atoms with E-state index in [1.807, 2.05) is 30.3 Å². The fourth-order valence-corrected chi connectivity index (χ4v) is 1.79. The van der Waals surface area contributed by atoms with Gasteiger partial charge in [-0.15, -0.1) is 0 Å². The number of likely N-dealkylation sites (N-methyl/N-ethyl adjacent to an activating group) is 1. The molecule has 100 valence electrons. The molecule has 5 nitrogen and oxygen atoms in total. The zero-order chi connectivity index (χ0) is 13.8. The van der Waals surface area contributed by atoms with Gasteiger partial charge in [0.25, 0.3) is 5.91 Å². The Kier molecular flexibility index (Phi) is 3.97. The summed E-state index contributed by atoms with van der Waals surface area (Å²) in [5.41, 5.74) is 1.11. The van der Waals surface area contributed by atoms with E-state index in [1.54, 1.807) is 20.0 Å². The maximum absolute atomic E-state index is 12.0. The van der Waals surface area contributed by atoms with E-state index in [0.717, 1.165) is 5.56 Å². The Labute approximate surface area is 111 Å². The lowest BCUT2D eigenvalue weighted by atomic mass is 10.1. The van der Waals surface area contributed by atoms with E-state index in [1.165, 1.54) is 4.90 Å². The van der Waals surface area contributed by atoms with Gasteiger partial charge < -0.3 is 14.5 Å². The first-order chi connectivity index (χ1) is 9.08. The first kappa shape index (κ1) is 13.3. The summed E-state index contributed by atoms with van der Waals surface area (Å²) in [6.07, 6.45) is -0.575. The molecule has 2 rings (SSSR count). The number of aliphatic hydroxyl groups is 1. The number of aliphatic hydroxyl groups excluding tert-OH is 1. The zero-order valence-corrected chi connectivity index (χ0v) is 10.9. The van der Waals surface area contributed by atoms with Gasteiger partial charge in [-0.25, -0.2) is 0 Å². The van der Waals surface area contributed by atoms with Gasteiger partial charge >= 0.3 is 0 Å². The maximum Gasteiger partial charge on any atom is 0.275 e. The van der Waals surface area contributed by atoms with Crippen molar-refractivity contribution in [2.24, 2.45) is 0 Å². The average molecular weight is 260 g/mol. The van der Waals surface area contributed by atoms with Crippen LogP contribution >= 0.6 is 0 Å². The van der Waals surface area contributed by atoms with Crippen molar-refractivity contribution in [3.63, 3.8) is 0 Å². The number of carbonyl (C=O) groups is 1. The molecular formula is C14H16N2O3. The molecule has 0 fully saturated rings. The molecule has 0 aliphatic heterocycles. The van der Waals surface area contributed by atoms with E-state index in [-0.39, 0.29) is 18.1 Å². The molecule has 1 unspecified atom stereocenters. The Balaban J connectivity index is 2.15. The second-order valence-electron chi connectivity index (χ2n) is 4.48. The molecule has 5 heteroatoms. The minimum absolute atomic E-state index is 0.238. The van der Waals surface area contributed by atoms with E-state index in [9.17, 15) is 9.90 Å². The normalized spacial score (nSPS) is 12.2. The summed E-state index contributed by atoms with van der Waals surface area (Å²) in [6, 6.07) is 11.1. The number of hydrogen-bond acceptors (Lipinski definition) is 4. The Hall–Kier alpha value is -2.14. The molecule has 1 N–H and O–H groups in total. The van der Waals surface area contributed by atoms with Gasteiger partial charge in [0, 0.05) is 25.2 Å². The molecule has 1 heterocycles. The molecular weight excluding hydrogens is 244 g/mol. The van der Waals surface area contributed by atoms with Gasteiger partial charge in [0.15, 0.2) is 11.5 Å². The van der Waals surface area contributed by atoms with Crippen LogP contribution in [0.2, 0.25) is 0 Å². The third kappa shape index (κ3) is 3.20. The number of aromatic nitrogens is 1. The van der Waals surface area contributed by atoms with Crippen molar-refractivity contribution in [1.82, 2.24) is 10.1 Å². The summed E-state index contributed by atoms with van der Waals surface area (Å²) >= 11 is 0. The number of carbonyl (C=O) groups excluding carboxylic acids is 1. The summed E-state index contributed by atoms with van der Waals surface area (Å²) in [5, 5.41) is 13.0. The minimum Gasteiger partial charge on any atom is -0.392 e. The Morgan fingerprint density at radius 2 is 2.11 bits per heavy atom. The molecule has 2 aromatic rings. The predicted octanol–water partition coefficient (Wildman–Crippen LogP) is 1.79. The van der Waals surface area contributed by atoms with Crippen LogP contribution in [0.5, 0.6) is 0 Å². The lowest BCUT2D eigenvalue weighted by Crippen LogP contribution is -2.33. The molecule has 1 aromatic heterocycles. The molecule has 1 amide bonds. The van der Waals surface area contributed by atoms with Gasteiger partial charge in [-0.05, 0) is 6.92 Å². The summed E-state index contributed by atoms with van der Waals surface area (Å²) < 4.78 is 5.17. The van der Waals surface area contributed by atoms with E-state index in [0.29, 0.717) is 5.76 Å². The van der Waals surface area contributed by atoms with Gasteiger partial charge in [-0.2, -0.15) is 0 Å². The minimum atomic E-state index is -0.575. The van der Waals surface area contributed by atoms with Gasteiger partial charge in [0.2, 0.25) is 0 Å². The molecule has 0 spiro atoms. The number of nitrogens with zero attached hydrogens (tertiary/aromatic N) is 2. The summed E-state index contributed by atoms with van der Waals surface area (Å²) in [5.74, 6) is 0.279. The lowest BCUT2D eigenvalue weighted by molar-refractivity contribution is 0.0694. The van der Waals surface area contributed by atoms with Crippen molar-refractivity contribution in [2.45, 2.75) is 13.0 Å². The van der Waals surface area contributed by atoms with E-state index < -0.39 is 6.10 Å². The molecule has 0 saturated heterocycles. The van der Waals surface area contributed by atoms with Crippen molar-refractivity contribution in [1.29, 1.82) is 0 Å². The van der Waals surface area contributed by atoms with Crippen LogP contribution in [-0.2, 0) is 0 Å². The third-order valence-electron chi connectivity index (χ3n) is 2.67. The Morgan fingerprint density at radius 1 is 1.42 bits per heavy atom. The molecule has 19 heavy (non-hydrogen) atoms. The predicted molar refractivity (Wildman–Crippen MR) is 70.6 cm³/mol. The Bertz CT molecular complexity index is 549. The number of benzene rings is 1. The van der Waals surface area contributed by atoms with E-state index in [2.05, 4.69) is 5.16 Å². The van der Waals surface area contributed by atoms with Gasteiger partial charge in [-0.1, -0.05) is 35.5 Å². The standard InChI is InChI=1S/C14H16N2O3/c1-10(17)9-16(2)14(18)12-8-13(19-15-12)11-6-4-3-5-7-11/h3-8,10,17H,9H2,1-2H3. The van der Waals surface area contributed by atoms with Crippen molar-refractivity contribution >= 4 is 5.91 Å². The van der Waals surface area contributed by atoms with Gasteiger partial charge in [0.1, 0.15) is 0 Å². The van der Waals surface area contributed by atoms with Crippen LogP contribution < -0.4 is 0 Å². The van der Waals surface area contributed by atoms with E-state index >= 15 is 0 Å². The third-order valence-corrected chi connectivity index (χ3v) is 2.67. The maximum atomic E-state index is 12.0. The van der Waals surface area contributed by atoms with E-state index in [4.69, 9.17) is 4.52 Å². The van der Waals surface area contributed by atoms with Crippen molar-refractivity contribution in [3.05, 3.63) is 42.1 Å². The van der Waals surface area contributed by atoms with Gasteiger partial charge in [-0.3, -0.25) is 4.79 Å². The molecule has 1 atom stereocenters. The first-order valence-electron chi connectivity index (χ1n) is 6.03. The van der Waals surface area contributed by atoms with Crippen LogP contribution in [0, 0.1) is 0 Å². The zero-order valence-electron chi connectivity index (χ0n) is 10.9. The number of amides is 1. The lowest BCUT2D eigenvalue weighted by Gasteiger charge is -2.16. The summed E-state index contributed by atoms with van der Waals surface area (Å²) in [7, 11) is 1.62. The molecule has 0 radical (unpaired) electrons. The van der Waals surface area contributed by atoms with Crippen LogP contribution in [0.15, 0.2) is 40.9 Å². The number of rotatable bonds is 4. The quantitative estimate of drug-likeness (QED) is 0.910. The Morgan fingerprint density at radius 3 is 2.74 bits per heavy atom. The SMILES string of the molecule is CC(O)CN(C)C(=O)c1cc(-c2ccccc2)on1. The van der Waals surface area contributed by atoms with Crippen molar-refractivity contribution in [2.75, 3.05) is 13.6 Å². The molecule has 0 bridgehead atoms. The second kappa shape index (κ2) is 5.67. The van der Waals surface area contributed by atoms with Crippen LogP contribution in [0.25, 0.3) is 11.3 Å². The topological polar surface area (TPSA) is 66.6 Å². The van der Waals surface area contributed by atoms with Crippen LogP contribution in [0.1, 0.15) is 17.4 Å². The van der Waals surface area contributed by atoms with Crippen LogP contribution in [0.3, 0.4) is 0 Å². The fraction of sp³-hybridized carbons (Fsp3) is 0.286. The first-order valence-corrected chi connectivity index (χ1v) is 6.03. The van der Waals surface area contributed by atoms with Gasteiger partial charge in [0.05, 0.1) is 6.10 Å². The van der Waals surface area contributed by atoms with Crippen molar-refractivity contribution in [3.8, 4) is 11.3 Å². The smallest absolute Gasteiger partial charge is 0.275 e. The average Bonchev–Trinajstić information content (AvgIpc) is 2.87. The highest BCUT2D eigenvalue weighted by Gasteiger charge is 2.18. The van der Waals surface area contributed by atoms with Crippen LogP contribution in [0.4, 0.5) is 0 Å². The molecule has 1 aromatic carbocycles.